The molecule has 3 atom stereocenters. The van der Waals surface area contributed by atoms with E-state index in [1.807, 2.05) is 6.07 Å². The molecule has 0 saturated carbocycles. The normalized spacial score (nSPS) is 43.6. The van der Waals surface area contributed by atoms with E-state index in [2.05, 4.69) is 30.2 Å². The minimum absolute atomic E-state index is 0.00228. The number of hydrogen-bond donors (Lipinski definition) is 1. The van der Waals surface area contributed by atoms with Crippen molar-refractivity contribution in [2.75, 3.05) is 6.16 Å². The van der Waals surface area contributed by atoms with Crippen LogP contribution >= 0.6 is 30.4 Å². The molecular weight excluding hydrogens is 273 g/mol. The first-order valence-electron chi connectivity index (χ1n) is 5.99. The molecule has 2 aliphatic heterocycles. The highest BCUT2D eigenvalue weighted by molar-refractivity contribution is 8.31. The van der Waals surface area contributed by atoms with Crippen LogP contribution in [-0.4, -0.2) is 14.8 Å². The highest BCUT2D eigenvalue weighted by atomic mass is 32.3. The van der Waals surface area contributed by atoms with Gasteiger partial charge in [-0.1, -0.05) is 31.0 Å². The first-order valence-corrected chi connectivity index (χ1v) is 9.74. The Kier molecular flexibility index (Phi) is 2.86. The van der Waals surface area contributed by atoms with Crippen LogP contribution in [0.25, 0.3) is 0 Å². The van der Waals surface area contributed by atoms with Gasteiger partial charge in [-0.2, -0.15) is 0 Å². The molecule has 3 heterocycles. The summed E-state index contributed by atoms with van der Waals surface area (Å²) < 4.78 is 18.9. The zero-order valence-electron chi connectivity index (χ0n) is 10.3. The molecule has 0 radical (unpaired) electrons. The topological polar surface area (TPSA) is 32.7 Å². The van der Waals surface area contributed by atoms with Gasteiger partial charge in [0.15, 0.2) is 8.30 Å². The second-order valence-electron chi connectivity index (χ2n) is 4.65. The average molecular weight is 291 g/mol. The lowest BCUT2D eigenvalue weighted by atomic mass is 9.96. The maximum absolute atomic E-state index is 10.8. The molecule has 3 unspecified atom stereocenters. The SMILES string of the molecule is CCCC1(C)c2sccc2S2(O)OP(CC)N12. The summed E-state index contributed by atoms with van der Waals surface area (Å²) in [6.07, 6.45) is 3.23. The van der Waals surface area contributed by atoms with Gasteiger partial charge in [-0.15, -0.1) is 15.4 Å². The Labute approximate surface area is 110 Å². The van der Waals surface area contributed by atoms with Crippen LogP contribution in [-0.2, 0) is 9.51 Å². The third kappa shape index (κ3) is 1.38. The van der Waals surface area contributed by atoms with Crippen LogP contribution in [0.1, 0.15) is 38.5 Å². The van der Waals surface area contributed by atoms with E-state index in [-0.39, 0.29) is 5.54 Å². The van der Waals surface area contributed by atoms with Crippen molar-refractivity contribution in [3.63, 3.8) is 0 Å². The fraction of sp³-hybridized carbons (Fsp3) is 0.636. The van der Waals surface area contributed by atoms with Crippen molar-refractivity contribution in [2.45, 2.75) is 44.0 Å². The Morgan fingerprint density at radius 1 is 1.59 bits per heavy atom. The first-order chi connectivity index (χ1) is 8.08. The molecule has 2 aliphatic rings. The van der Waals surface area contributed by atoms with Crippen LogP contribution in [0.15, 0.2) is 16.3 Å². The van der Waals surface area contributed by atoms with Gasteiger partial charge in [0.2, 0.25) is 0 Å². The van der Waals surface area contributed by atoms with Gasteiger partial charge in [-0.05, 0) is 24.8 Å². The van der Waals surface area contributed by atoms with Crippen molar-refractivity contribution in [3.05, 3.63) is 16.3 Å². The molecule has 1 saturated heterocycles. The van der Waals surface area contributed by atoms with Gasteiger partial charge in [-0.25, -0.2) is 3.97 Å². The number of fused-ring (bicyclic) bond motifs is 3. The van der Waals surface area contributed by atoms with Gasteiger partial charge in [-0.3, -0.25) is 4.55 Å². The number of thiophene rings is 1. The van der Waals surface area contributed by atoms with Crippen LogP contribution in [0.4, 0.5) is 0 Å². The summed E-state index contributed by atoms with van der Waals surface area (Å²) in [6, 6.07) is 2.05. The molecule has 17 heavy (non-hydrogen) atoms. The van der Waals surface area contributed by atoms with Gasteiger partial charge < -0.3 is 0 Å². The molecule has 96 valence electrons. The summed E-state index contributed by atoms with van der Waals surface area (Å²) in [5.74, 6) is 0. The molecule has 0 aromatic carbocycles. The Bertz CT molecular complexity index is 454. The van der Waals surface area contributed by atoms with E-state index in [1.165, 1.54) is 4.88 Å². The van der Waals surface area contributed by atoms with Crippen molar-refractivity contribution >= 4 is 30.4 Å². The van der Waals surface area contributed by atoms with E-state index in [0.29, 0.717) is 0 Å². The van der Waals surface area contributed by atoms with E-state index in [1.54, 1.807) is 11.3 Å². The molecule has 1 fully saturated rings. The predicted octanol–water partition coefficient (Wildman–Crippen LogP) is 4.91. The lowest BCUT2D eigenvalue weighted by Gasteiger charge is -2.59. The van der Waals surface area contributed by atoms with E-state index in [0.717, 1.165) is 23.9 Å². The largest absolute Gasteiger partial charge is 0.281 e. The molecule has 1 aromatic heterocycles. The Morgan fingerprint density at radius 2 is 2.35 bits per heavy atom. The average Bonchev–Trinajstić information content (AvgIpc) is 2.78. The van der Waals surface area contributed by atoms with Crippen LogP contribution in [0, 0.1) is 0 Å². The van der Waals surface area contributed by atoms with Crippen molar-refractivity contribution in [2.24, 2.45) is 0 Å². The number of hydrogen-bond acceptors (Lipinski definition) is 4. The van der Waals surface area contributed by atoms with E-state index >= 15 is 0 Å². The Balaban J connectivity index is 2.09. The zero-order valence-corrected chi connectivity index (χ0v) is 12.9. The van der Waals surface area contributed by atoms with E-state index in [4.69, 9.17) is 3.97 Å². The fourth-order valence-electron chi connectivity index (χ4n) is 2.80. The molecule has 0 amide bonds. The summed E-state index contributed by atoms with van der Waals surface area (Å²) in [4.78, 5) is 2.39. The quantitative estimate of drug-likeness (QED) is 0.803. The van der Waals surface area contributed by atoms with Gasteiger partial charge in [0.1, 0.15) is 0 Å². The molecule has 0 aliphatic carbocycles. The van der Waals surface area contributed by atoms with E-state index < -0.39 is 19.1 Å². The number of nitrogens with zero attached hydrogens (tertiary/aromatic N) is 1. The summed E-state index contributed by atoms with van der Waals surface area (Å²) in [6.45, 7) is 6.62. The minimum atomic E-state index is -2.08. The third-order valence-electron chi connectivity index (χ3n) is 3.46. The van der Waals surface area contributed by atoms with Crippen LogP contribution in [0.5, 0.6) is 0 Å². The highest BCUT2D eigenvalue weighted by Gasteiger charge is 2.63. The second kappa shape index (κ2) is 3.92. The van der Waals surface area contributed by atoms with Crippen molar-refractivity contribution in [3.8, 4) is 0 Å². The molecule has 1 aromatic rings. The molecular formula is C11H18NO2PS2. The molecule has 0 spiro atoms. The van der Waals surface area contributed by atoms with Crippen molar-refractivity contribution in [1.82, 2.24) is 4.08 Å². The maximum Gasteiger partial charge on any atom is 0.154 e. The van der Waals surface area contributed by atoms with Gasteiger partial charge >= 0.3 is 0 Å². The first kappa shape index (κ1) is 12.4. The molecule has 3 rings (SSSR count). The zero-order chi connectivity index (χ0) is 12.3. The van der Waals surface area contributed by atoms with Gasteiger partial charge in [0, 0.05) is 6.16 Å². The third-order valence-corrected chi connectivity index (χ3v) is 10.7. The van der Waals surface area contributed by atoms with Crippen molar-refractivity contribution in [1.29, 1.82) is 0 Å². The summed E-state index contributed by atoms with van der Waals surface area (Å²) in [7, 11) is -2.66. The smallest absolute Gasteiger partial charge is 0.154 e. The van der Waals surface area contributed by atoms with E-state index in [9.17, 15) is 4.55 Å². The summed E-state index contributed by atoms with van der Waals surface area (Å²) in [5.41, 5.74) is 0.00228. The Morgan fingerprint density at radius 3 is 3.00 bits per heavy atom. The Hall–Kier alpha value is 0.360. The highest BCUT2D eigenvalue weighted by Crippen LogP contribution is 2.89. The van der Waals surface area contributed by atoms with Crippen LogP contribution in [0.2, 0.25) is 0 Å². The van der Waals surface area contributed by atoms with Crippen LogP contribution in [0.3, 0.4) is 0 Å². The molecule has 3 nitrogen and oxygen atoms in total. The second-order valence-corrected chi connectivity index (χ2v) is 9.97. The standard InChI is InChI=1S/C11H18NO2PS2/c1-4-7-11(3)10-9(6-8-16-10)17(13)12(11)15(5-2)14-17/h6,8,13H,4-5,7H2,1-3H3. The summed E-state index contributed by atoms with van der Waals surface area (Å²) >= 11 is 1.77. The monoisotopic (exact) mass is 291 g/mol. The maximum atomic E-state index is 10.8. The molecule has 6 heteroatoms. The number of rotatable bonds is 3. The lowest BCUT2D eigenvalue weighted by molar-refractivity contribution is 0.249. The lowest BCUT2D eigenvalue weighted by Crippen LogP contribution is -2.42. The van der Waals surface area contributed by atoms with Crippen molar-refractivity contribution < 1.29 is 8.52 Å². The van der Waals surface area contributed by atoms with Crippen LogP contribution < -0.4 is 0 Å². The molecule has 0 bridgehead atoms. The van der Waals surface area contributed by atoms with Gasteiger partial charge in [0.05, 0.1) is 15.3 Å². The minimum Gasteiger partial charge on any atom is -0.281 e. The van der Waals surface area contributed by atoms with Gasteiger partial charge in [0.25, 0.3) is 0 Å². The molecule has 1 N–H and O–H groups in total. The summed E-state index contributed by atoms with van der Waals surface area (Å²) in [5, 5.41) is 2.08. The fourth-order valence-corrected chi connectivity index (χ4v) is 10.6. The predicted molar refractivity (Wildman–Crippen MR) is 75.4 cm³/mol.